The molecule has 0 aromatic heterocycles. The van der Waals surface area contributed by atoms with Crippen molar-refractivity contribution < 1.29 is 9.06 Å². The van der Waals surface area contributed by atoms with Crippen molar-refractivity contribution in [2.24, 2.45) is 0 Å². The third-order valence-electron chi connectivity index (χ3n) is 2.55. The van der Waals surface area contributed by atoms with E-state index in [1.807, 2.05) is 0 Å². The minimum absolute atomic E-state index is 0.890. The van der Waals surface area contributed by atoms with E-state index in [1.165, 1.54) is 11.4 Å². The zero-order valence-electron chi connectivity index (χ0n) is 10.2. The second-order valence-electron chi connectivity index (χ2n) is 4.48. The molecule has 0 amide bonds. The highest BCUT2D eigenvalue weighted by Gasteiger charge is 2.13. The van der Waals surface area contributed by atoms with Crippen LogP contribution in [0, 0.1) is 0 Å². The van der Waals surface area contributed by atoms with Crippen molar-refractivity contribution in [2.75, 3.05) is 28.2 Å². The van der Waals surface area contributed by atoms with Crippen molar-refractivity contribution in [2.45, 2.75) is 27.2 Å². The highest BCUT2D eigenvalue weighted by molar-refractivity contribution is 5.76. The Hall–Kier alpha value is -0.630. The van der Waals surface area contributed by atoms with Gasteiger partial charge in [-0.25, -0.2) is 4.58 Å². The van der Waals surface area contributed by atoms with Crippen LogP contribution < -0.4 is 0 Å². The standard InChI is InChI=1S/C11H24N2/c1-8-10(2)12(4)9-11(3)13(5,6)7/h9H,8H2,1-7H3/q+2. The second kappa shape index (κ2) is 4.56. The van der Waals surface area contributed by atoms with Crippen LogP contribution in [0.15, 0.2) is 11.9 Å². The highest BCUT2D eigenvalue weighted by atomic mass is 15.3. The molecule has 0 aliphatic heterocycles. The van der Waals surface area contributed by atoms with Crippen molar-refractivity contribution in [3.63, 3.8) is 0 Å². The highest BCUT2D eigenvalue weighted by Crippen LogP contribution is 2.05. The van der Waals surface area contributed by atoms with E-state index in [0.29, 0.717) is 0 Å². The van der Waals surface area contributed by atoms with E-state index in [-0.39, 0.29) is 0 Å². The van der Waals surface area contributed by atoms with Crippen molar-refractivity contribution in [3.05, 3.63) is 11.9 Å². The Bertz CT molecular complexity index is 229. The second-order valence-corrected chi connectivity index (χ2v) is 4.48. The predicted octanol–water partition coefficient (Wildman–Crippen LogP) is 2.07. The van der Waals surface area contributed by atoms with Gasteiger partial charge in [-0.2, -0.15) is 0 Å². The molecule has 0 aromatic rings. The van der Waals surface area contributed by atoms with Crippen LogP contribution in [0.1, 0.15) is 27.2 Å². The molecule has 0 aliphatic carbocycles. The summed E-state index contributed by atoms with van der Waals surface area (Å²) in [6, 6.07) is 0. The number of hydrogen-bond donors (Lipinski definition) is 0. The lowest BCUT2D eigenvalue weighted by atomic mass is 10.3. The van der Waals surface area contributed by atoms with Gasteiger partial charge in [0.2, 0.25) is 6.20 Å². The van der Waals surface area contributed by atoms with E-state index in [0.717, 1.165) is 10.9 Å². The van der Waals surface area contributed by atoms with Gasteiger partial charge in [-0.1, -0.05) is 6.92 Å². The monoisotopic (exact) mass is 184 g/mol. The number of quaternary nitrogens is 1. The van der Waals surface area contributed by atoms with Gasteiger partial charge in [0.15, 0.2) is 11.4 Å². The molecule has 0 atom stereocenters. The molecular weight excluding hydrogens is 160 g/mol. The molecule has 2 nitrogen and oxygen atoms in total. The van der Waals surface area contributed by atoms with Crippen LogP contribution in [-0.2, 0) is 0 Å². The van der Waals surface area contributed by atoms with E-state index in [2.05, 4.69) is 59.7 Å². The van der Waals surface area contributed by atoms with Crippen molar-refractivity contribution in [3.8, 4) is 0 Å². The Balaban J connectivity index is 4.77. The molecule has 0 bridgehead atoms. The quantitative estimate of drug-likeness (QED) is 0.359. The summed E-state index contributed by atoms with van der Waals surface area (Å²) >= 11 is 0. The largest absolute Gasteiger partial charge is 0.297 e. The van der Waals surface area contributed by atoms with Crippen molar-refractivity contribution in [1.82, 2.24) is 0 Å². The Morgan fingerprint density at radius 3 is 2.00 bits per heavy atom. The molecule has 0 saturated heterocycles. The molecule has 13 heavy (non-hydrogen) atoms. The van der Waals surface area contributed by atoms with Gasteiger partial charge in [-0.05, 0) is 0 Å². The van der Waals surface area contributed by atoms with E-state index in [1.54, 1.807) is 0 Å². The van der Waals surface area contributed by atoms with Gasteiger partial charge in [0.05, 0.1) is 21.1 Å². The summed E-state index contributed by atoms with van der Waals surface area (Å²) in [5.74, 6) is 0. The molecule has 0 spiro atoms. The number of nitrogens with zero attached hydrogens (tertiary/aromatic N) is 2. The number of hydrogen-bond acceptors (Lipinski definition) is 0. The molecule has 0 heterocycles. The van der Waals surface area contributed by atoms with Gasteiger partial charge in [0.1, 0.15) is 7.05 Å². The van der Waals surface area contributed by atoms with Gasteiger partial charge in [-0.3, -0.25) is 4.48 Å². The Kier molecular flexibility index (Phi) is 4.34. The van der Waals surface area contributed by atoms with Gasteiger partial charge < -0.3 is 0 Å². The Morgan fingerprint density at radius 2 is 1.69 bits per heavy atom. The van der Waals surface area contributed by atoms with Gasteiger partial charge in [0.25, 0.3) is 0 Å². The average molecular weight is 184 g/mol. The SMILES string of the molecule is CCC(C)=[N+](C)C=C(C)[N+](C)(C)C. The Labute approximate surface area is 82.8 Å². The number of allylic oxidation sites excluding steroid dienone is 1. The minimum atomic E-state index is 0.890. The van der Waals surface area contributed by atoms with Gasteiger partial charge in [-0.15, -0.1) is 0 Å². The van der Waals surface area contributed by atoms with Crippen LogP contribution in [0.4, 0.5) is 0 Å². The zero-order chi connectivity index (χ0) is 10.6. The van der Waals surface area contributed by atoms with E-state index >= 15 is 0 Å². The van der Waals surface area contributed by atoms with Crippen molar-refractivity contribution in [1.29, 1.82) is 0 Å². The zero-order valence-corrected chi connectivity index (χ0v) is 10.2. The number of rotatable bonds is 3. The van der Waals surface area contributed by atoms with Crippen LogP contribution >= 0.6 is 0 Å². The molecule has 76 valence electrons. The summed E-state index contributed by atoms with van der Waals surface area (Å²) in [4.78, 5) is 0. The summed E-state index contributed by atoms with van der Waals surface area (Å²) in [7, 11) is 8.65. The molecule has 0 N–H and O–H groups in total. The Morgan fingerprint density at radius 1 is 1.23 bits per heavy atom. The summed E-state index contributed by atoms with van der Waals surface area (Å²) in [6.07, 6.45) is 3.32. The lowest BCUT2D eigenvalue weighted by Crippen LogP contribution is -2.32. The fourth-order valence-electron chi connectivity index (χ4n) is 0.813. The third kappa shape index (κ3) is 4.23. The molecule has 0 saturated carbocycles. The smallest absolute Gasteiger partial charge is 0.225 e. The normalized spacial score (nSPS) is 15.8. The fourth-order valence-corrected chi connectivity index (χ4v) is 0.813. The maximum Gasteiger partial charge on any atom is 0.225 e. The molecule has 0 rings (SSSR count). The summed E-state index contributed by atoms with van der Waals surface area (Å²) < 4.78 is 3.10. The molecule has 2 heteroatoms. The van der Waals surface area contributed by atoms with Crippen LogP contribution in [-0.4, -0.2) is 43.0 Å². The van der Waals surface area contributed by atoms with Crippen LogP contribution in [0.3, 0.4) is 0 Å². The molecule has 0 aromatic carbocycles. The third-order valence-corrected chi connectivity index (χ3v) is 2.55. The molecule has 0 unspecified atom stereocenters. The van der Waals surface area contributed by atoms with Gasteiger partial charge in [0, 0.05) is 20.3 Å². The predicted molar refractivity (Wildman–Crippen MR) is 58.9 cm³/mol. The molecule has 0 aliphatic rings. The van der Waals surface area contributed by atoms with Crippen LogP contribution in [0.5, 0.6) is 0 Å². The lowest BCUT2D eigenvalue weighted by molar-refractivity contribution is -0.833. The van der Waals surface area contributed by atoms with Crippen LogP contribution in [0.25, 0.3) is 0 Å². The first-order chi connectivity index (χ1) is 5.79. The molecule has 0 radical (unpaired) electrons. The minimum Gasteiger partial charge on any atom is -0.297 e. The van der Waals surface area contributed by atoms with E-state index < -0.39 is 0 Å². The van der Waals surface area contributed by atoms with E-state index in [9.17, 15) is 0 Å². The van der Waals surface area contributed by atoms with Gasteiger partial charge >= 0.3 is 0 Å². The van der Waals surface area contributed by atoms with Crippen molar-refractivity contribution >= 4 is 5.71 Å². The maximum absolute atomic E-state index is 2.21. The summed E-state index contributed by atoms with van der Waals surface area (Å²) in [5, 5.41) is 0. The average Bonchev–Trinajstić information content (AvgIpc) is 2.01. The lowest BCUT2D eigenvalue weighted by Gasteiger charge is -2.22. The first kappa shape index (κ1) is 12.4. The topological polar surface area (TPSA) is 3.01 Å². The van der Waals surface area contributed by atoms with E-state index in [4.69, 9.17) is 0 Å². The molecule has 0 fully saturated rings. The first-order valence-electron chi connectivity index (χ1n) is 4.84. The van der Waals surface area contributed by atoms with Crippen LogP contribution in [0.2, 0.25) is 0 Å². The molecular formula is C11H24N2+2. The summed E-state index contributed by atoms with van der Waals surface area (Å²) in [6.45, 7) is 6.51. The summed E-state index contributed by atoms with van der Waals surface area (Å²) in [5.41, 5.74) is 2.75. The fraction of sp³-hybridized carbons (Fsp3) is 0.727. The first-order valence-corrected chi connectivity index (χ1v) is 4.84. The maximum atomic E-state index is 2.21.